The van der Waals surface area contributed by atoms with Gasteiger partial charge in [-0.05, 0) is 48.2 Å². The van der Waals surface area contributed by atoms with Gasteiger partial charge in [0.1, 0.15) is 12.4 Å². The molecule has 0 aliphatic carbocycles. The molecule has 0 aromatic heterocycles. The van der Waals surface area contributed by atoms with Crippen LogP contribution in [0.4, 0.5) is 11.4 Å². The molecule has 3 aromatic carbocycles. The van der Waals surface area contributed by atoms with E-state index in [1.165, 1.54) is 4.31 Å². The summed E-state index contributed by atoms with van der Waals surface area (Å²) >= 11 is 0. The average molecular weight is 423 g/mol. The molecule has 6 nitrogen and oxygen atoms in total. The molecule has 30 heavy (non-hydrogen) atoms. The Morgan fingerprint density at radius 2 is 1.80 bits per heavy atom. The van der Waals surface area contributed by atoms with Crippen LogP contribution in [0, 0.1) is 0 Å². The lowest BCUT2D eigenvalue weighted by atomic mass is 10.1. The molecular weight excluding hydrogens is 400 g/mol. The van der Waals surface area contributed by atoms with Crippen LogP contribution in [0.1, 0.15) is 12.8 Å². The first kappa shape index (κ1) is 20.0. The van der Waals surface area contributed by atoms with Crippen LogP contribution >= 0.6 is 0 Å². The highest BCUT2D eigenvalue weighted by Gasteiger charge is 2.34. The zero-order valence-corrected chi connectivity index (χ0v) is 17.2. The third-order valence-electron chi connectivity index (χ3n) is 4.95. The van der Waals surface area contributed by atoms with E-state index >= 15 is 0 Å². The van der Waals surface area contributed by atoms with Gasteiger partial charge in [0, 0.05) is 24.0 Å². The third-order valence-corrected chi connectivity index (χ3v) is 6.81. The van der Waals surface area contributed by atoms with Gasteiger partial charge in [0.25, 0.3) is 10.0 Å². The van der Waals surface area contributed by atoms with Gasteiger partial charge in [-0.15, -0.1) is 0 Å². The Bertz CT molecular complexity index is 1200. The monoisotopic (exact) mass is 422 g/mol. The molecule has 0 spiro atoms. The standard InChI is InChI=1S/C23H22N2O4S/c1-2-16-29-19-13-11-18(12-14-19)24-22(26)10-5-15-25-20-8-3-6-17-7-4-9-21(23(17)20)30(25,27)28/h2-4,6-9,11-14H,1,5,10,15-16H2,(H,24,26). The molecule has 1 aliphatic heterocycles. The van der Waals surface area contributed by atoms with Crippen molar-refractivity contribution in [2.24, 2.45) is 0 Å². The minimum atomic E-state index is -3.59. The number of sulfonamides is 1. The first-order chi connectivity index (χ1) is 14.5. The van der Waals surface area contributed by atoms with Crippen molar-refractivity contribution < 1.29 is 17.9 Å². The second-order valence-electron chi connectivity index (χ2n) is 6.98. The number of anilines is 2. The number of amides is 1. The highest BCUT2D eigenvalue weighted by molar-refractivity contribution is 7.93. The molecule has 0 fully saturated rings. The zero-order chi connectivity index (χ0) is 21.1. The van der Waals surface area contributed by atoms with Crippen molar-refractivity contribution >= 4 is 38.1 Å². The predicted octanol–water partition coefficient (Wildman–Crippen LogP) is 4.33. The molecule has 0 radical (unpaired) electrons. The van der Waals surface area contributed by atoms with Gasteiger partial charge in [-0.3, -0.25) is 9.10 Å². The molecule has 0 saturated carbocycles. The molecule has 1 aliphatic rings. The maximum Gasteiger partial charge on any atom is 0.265 e. The van der Waals surface area contributed by atoms with Crippen LogP contribution < -0.4 is 14.4 Å². The Kier molecular flexibility index (Phi) is 5.46. The van der Waals surface area contributed by atoms with E-state index in [0.717, 1.165) is 10.8 Å². The number of rotatable bonds is 8. The summed E-state index contributed by atoms with van der Waals surface area (Å²) in [6.07, 6.45) is 2.29. The summed E-state index contributed by atoms with van der Waals surface area (Å²) in [5.74, 6) is 0.531. The van der Waals surface area contributed by atoms with Gasteiger partial charge in [-0.2, -0.15) is 0 Å². The summed E-state index contributed by atoms with van der Waals surface area (Å²) in [4.78, 5) is 12.6. The lowest BCUT2D eigenvalue weighted by Gasteiger charge is -2.18. The fourth-order valence-corrected chi connectivity index (χ4v) is 5.34. The number of carbonyl (C=O) groups is 1. The minimum Gasteiger partial charge on any atom is -0.490 e. The van der Waals surface area contributed by atoms with Crippen LogP contribution in [0.3, 0.4) is 0 Å². The van der Waals surface area contributed by atoms with E-state index in [9.17, 15) is 13.2 Å². The molecule has 3 aromatic rings. The lowest BCUT2D eigenvalue weighted by molar-refractivity contribution is -0.116. The van der Waals surface area contributed by atoms with Crippen molar-refractivity contribution in [3.63, 3.8) is 0 Å². The Balaban J connectivity index is 1.37. The predicted molar refractivity (Wildman–Crippen MR) is 118 cm³/mol. The molecule has 0 saturated heterocycles. The second kappa shape index (κ2) is 8.20. The van der Waals surface area contributed by atoms with Crippen molar-refractivity contribution in [1.82, 2.24) is 0 Å². The maximum atomic E-state index is 12.9. The summed E-state index contributed by atoms with van der Waals surface area (Å²) in [6, 6.07) is 17.9. The molecule has 0 atom stereocenters. The quantitative estimate of drug-likeness (QED) is 0.548. The van der Waals surface area contributed by atoms with Gasteiger partial charge < -0.3 is 10.1 Å². The van der Waals surface area contributed by atoms with Gasteiger partial charge in [-0.25, -0.2) is 8.42 Å². The van der Waals surface area contributed by atoms with Crippen molar-refractivity contribution in [3.05, 3.63) is 73.3 Å². The van der Waals surface area contributed by atoms with Crippen LogP contribution in [0.2, 0.25) is 0 Å². The number of nitrogens with zero attached hydrogens (tertiary/aromatic N) is 1. The zero-order valence-electron chi connectivity index (χ0n) is 16.4. The Morgan fingerprint density at radius 3 is 2.53 bits per heavy atom. The maximum absolute atomic E-state index is 12.9. The van der Waals surface area contributed by atoms with Gasteiger partial charge in [0.15, 0.2) is 0 Å². The van der Waals surface area contributed by atoms with Gasteiger partial charge in [0.2, 0.25) is 5.91 Å². The van der Waals surface area contributed by atoms with E-state index in [2.05, 4.69) is 11.9 Å². The Labute approximate surface area is 175 Å². The number of nitrogens with one attached hydrogen (secondary N) is 1. The van der Waals surface area contributed by atoms with Crippen molar-refractivity contribution in [2.45, 2.75) is 17.7 Å². The first-order valence-corrected chi connectivity index (χ1v) is 11.1. The summed E-state index contributed by atoms with van der Waals surface area (Å²) in [5, 5.41) is 4.48. The summed E-state index contributed by atoms with van der Waals surface area (Å²) in [6.45, 7) is 4.27. The van der Waals surface area contributed by atoms with Crippen molar-refractivity contribution in [3.8, 4) is 5.75 Å². The fraction of sp³-hybridized carbons (Fsp3) is 0.174. The van der Waals surface area contributed by atoms with E-state index in [1.807, 2.05) is 24.3 Å². The molecule has 1 N–H and O–H groups in total. The molecular formula is C23H22N2O4S. The largest absolute Gasteiger partial charge is 0.490 e. The number of ether oxygens (including phenoxy) is 1. The third kappa shape index (κ3) is 3.76. The van der Waals surface area contributed by atoms with Gasteiger partial charge in [-0.1, -0.05) is 36.9 Å². The van der Waals surface area contributed by atoms with Gasteiger partial charge in [0.05, 0.1) is 10.6 Å². The van der Waals surface area contributed by atoms with E-state index in [1.54, 1.807) is 42.5 Å². The van der Waals surface area contributed by atoms with Crippen molar-refractivity contribution in [2.75, 3.05) is 22.8 Å². The van der Waals surface area contributed by atoms with Crippen LogP contribution in [-0.4, -0.2) is 27.5 Å². The molecule has 0 unspecified atom stereocenters. The van der Waals surface area contributed by atoms with Crippen LogP contribution in [-0.2, 0) is 14.8 Å². The minimum absolute atomic E-state index is 0.165. The second-order valence-corrected chi connectivity index (χ2v) is 8.82. The number of hydrogen-bond acceptors (Lipinski definition) is 4. The van der Waals surface area contributed by atoms with E-state index in [-0.39, 0.29) is 18.9 Å². The Morgan fingerprint density at radius 1 is 1.07 bits per heavy atom. The molecule has 1 amide bonds. The Hall–Kier alpha value is -3.32. The lowest BCUT2D eigenvalue weighted by Crippen LogP contribution is -2.28. The molecule has 154 valence electrons. The first-order valence-electron chi connectivity index (χ1n) is 9.69. The highest BCUT2D eigenvalue weighted by Crippen LogP contribution is 2.41. The summed E-state index contributed by atoms with van der Waals surface area (Å²) < 4.78 is 32.7. The fourth-order valence-electron chi connectivity index (χ4n) is 3.60. The molecule has 1 heterocycles. The van der Waals surface area contributed by atoms with Crippen LogP contribution in [0.25, 0.3) is 10.8 Å². The van der Waals surface area contributed by atoms with E-state index < -0.39 is 10.0 Å². The van der Waals surface area contributed by atoms with E-state index in [0.29, 0.717) is 35.0 Å². The smallest absolute Gasteiger partial charge is 0.265 e. The number of hydrogen-bond donors (Lipinski definition) is 1. The normalized spacial score (nSPS) is 13.9. The molecule has 0 bridgehead atoms. The van der Waals surface area contributed by atoms with E-state index in [4.69, 9.17) is 4.74 Å². The van der Waals surface area contributed by atoms with Gasteiger partial charge >= 0.3 is 0 Å². The topological polar surface area (TPSA) is 75.7 Å². The average Bonchev–Trinajstić information content (AvgIpc) is 2.96. The SMILES string of the molecule is C=CCOc1ccc(NC(=O)CCCN2c3cccc4cccc(c34)S2(=O)=O)cc1. The molecule has 4 rings (SSSR count). The van der Waals surface area contributed by atoms with Crippen LogP contribution in [0.5, 0.6) is 5.75 Å². The number of carbonyl (C=O) groups excluding carboxylic acids is 1. The number of benzene rings is 3. The summed E-state index contributed by atoms with van der Waals surface area (Å²) in [7, 11) is -3.59. The van der Waals surface area contributed by atoms with Crippen molar-refractivity contribution in [1.29, 1.82) is 0 Å². The summed E-state index contributed by atoms with van der Waals surface area (Å²) in [5.41, 5.74) is 1.34. The van der Waals surface area contributed by atoms with Crippen LogP contribution in [0.15, 0.2) is 78.2 Å². The highest BCUT2D eigenvalue weighted by atomic mass is 32.2. The molecule has 7 heteroatoms.